The predicted molar refractivity (Wildman–Crippen MR) is 83.7 cm³/mol. The highest BCUT2D eigenvalue weighted by Gasteiger charge is 2.22. The first-order valence-corrected chi connectivity index (χ1v) is 7.32. The normalized spacial score (nSPS) is 16.0. The lowest BCUT2D eigenvalue weighted by Gasteiger charge is -2.36. The van der Waals surface area contributed by atoms with Crippen LogP contribution in [0, 0.1) is 5.41 Å². The molecular weight excluding hydrogens is 268 g/mol. The Labute approximate surface area is 125 Å². The second-order valence-corrected chi connectivity index (χ2v) is 6.60. The van der Waals surface area contributed by atoms with Gasteiger partial charge in [0.05, 0.1) is 5.69 Å². The summed E-state index contributed by atoms with van der Waals surface area (Å²) in [5, 5.41) is 2.98. The van der Waals surface area contributed by atoms with Gasteiger partial charge in [-0.25, -0.2) is 4.79 Å². The Kier molecular flexibility index (Phi) is 4.55. The monoisotopic (exact) mass is 292 g/mol. The fraction of sp³-hybridized carbons (Fsp3) is 0.600. The zero-order valence-corrected chi connectivity index (χ0v) is 13.0. The van der Waals surface area contributed by atoms with E-state index in [0.717, 1.165) is 18.8 Å². The largest absolute Gasteiger partial charge is 0.367 e. The molecule has 6 nitrogen and oxygen atoms in total. The van der Waals surface area contributed by atoms with Crippen molar-refractivity contribution in [2.75, 3.05) is 37.6 Å². The first-order chi connectivity index (χ1) is 9.85. The molecule has 1 aliphatic rings. The number of nitrogens with one attached hydrogen (secondary N) is 2. The smallest absolute Gasteiger partial charge is 0.317 e. The van der Waals surface area contributed by atoms with Gasteiger partial charge < -0.3 is 20.1 Å². The van der Waals surface area contributed by atoms with Crippen LogP contribution in [0.25, 0.3) is 0 Å². The van der Waals surface area contributed by atoms with Crippen LogP contribution in [0.1, 0.15) is 20.8 Å². The summed E-state index contributed by atoms with van der Waals surface area (Å²) in [5.74, 6) is 0. The number of urea groups is 1. The van der Waals surface area contributed by atoms with E-state index in [1.165, 1.54) is 6.07 Å². The number of carbonyl (C=O) groups excluding carboxylic acids is 1. The van der Waals surface area contributed by atoms with Crippen LogP contribution >= 0.6 is 0 Å². The summed E-state index contributed by atoms with van der Waals surface area (Å²) < 4.78 is 0. The molecule has 2 N–H and O–H groups in total. The number of pyridine rings is 1. The average Bonchev–Trinajstić information content (AvgIpc) is 2.45. The van der Waals surface area contributed by atoms with E-state index in [1.54, 1.807) is 6.20 Å². The molecule has 2 amide bonds. The number of H-pyrrole nitrogens is 1. The molecule has 0 radical (unpaired) electrons. The van der Waals surface area contributed by atoms with Crippen molar-refractivity contribution in [2.45, 2.75) is 20.8 Å². The van der Waals surface area contributed by atoms with Crippen molar-refractivity contribution in [1.82, 2.24) is 15.2 Å². The Morgan fingerprint density at radius 1 is 1.24 bits per heavy atom. The van der Waals surface area contributed by atoms with Crippen LogP contribution < -0.4 is 15.8 Å². The number of hydrogen-bond acceptors (Lipinski definition) is 3. The number of anilines is 1. The minimum atomic E-state index is -0.0982. The minimum Gasteiger partial charge on any atom is -0.367 e. The SMILES string of the molecule is CC(C)(C)CNC(=O)N1CCN(c2ccc(=O)[nH]c2)CC1. The number of piperazine rings is 1. The highest BCUT2D eigenvalue weighted by atomic mass is 16.2. The molecule has 6 heteroatoms. The molecule has 0 aromatic carbocycles. The van der Waals surface area contributed by atoms with E-state index in [4.69, 9.17) is 0 Å². The molecule has 0 bridgehead atoms. The fourth-order valence-corrected chi connectivity index (χ4v) is 2.22. The second-order valence-electron chi connectivity index (χ2n) is 6.60. The molecule has 2 heterocycles. The molecular formula is C15H24N4O2. The molecule has 21 heavy (non-hydrogen) atoms. The Morgan fingerprint density at radius 2 is 1.90 bits per heavy atom. The number of nitrogens with zero attached hydrogens (tertiary/aromatic N) is 2. The standard InChI is InChI=1S/C15H24N4O2/c1-15(2,3)11-17-14(21)19-8-6-18(7-9-19)12-4-5-13(20)16-10-12/h4-5,10H,6-9,11H2,1-3H3,(H,16,20)(H,17,21). The maximum Gasteiger partial charge on any atom is 0.317 e. The topological polar surface area (TPSA) is 68.4 Å². The third kappa shape index (κ3) is 4.51. The van der Waals surface area contributed by atoms with Gasteiger partial charge >= 0.3 is 6.03 Å². The van der Waals surface area contributed by atoms with E-state index in [0.29, 0.717) is 19.6 Å². The van der Waals surface area contributed by atoms with Gasteiger partial charge in [-0.05, 0) is 11.5 Å². The molecule has 1 fully saturated rings. The van der Waals surface area contributed by atoms with Gasteiger partial charge in [-0.3, -0.25) is 4.79 Å². The summed E-state index contributed by atoms with van der Waals surface area (Å²) in [7, 11) is 0. The number of carbonyl (C=O) groups is 1. The number of aromatic amines is 1. The van der Waals surface area contributed by atoms with E-state index >= 15 is 0 Å². The zero-order valence-electron chi connectivity index (χ0n) is 13.0. The van der Waals surface area contributed by atoms with Crippen molar-refractivity contribution in [2.24, 2.45) is 5.41 Å². The number of rotatable bonds is 2. The van der Waals surface area contributed by atoms with Crippen LogP contribution in [-0.4, -0.2) is 48.6 Å². The first kappa shape index (κ1) is 15.4. The summed E-state index contributed by atoms with van der Waals surface area (Å²) in [4.78, 5) is 29.8. The summed E-state index contributed by atoms with van der Waals surface area (Å²) in [6, 6.07) is 3.34. The molecule has 0 spiro atoms. The summed E-state index contributed by atoms with van der Waals surface area (Å²) in [6.07, 6.45) is 1.72. The van der Waals surface area contributed by atoms with Crippen molar-refractivity contribution in [3.05, 3.63) is 28.7 Å². The quantitative estimate of drug-likeness (QED) is 0.862. The third-order valence-electron chi connectivity index (χ3n) is 3.47. The number of amides is 2. The van der Waals surface area contributed by atoms with Gasteiger partial charge in [0.1, 0.15) is 0 Å². The fourth-order valence-electron chi connectivity index (χ4n) is 2.22. The highest BCUT2D eigenvalue weighted by Crippen LogP contribution is 2.14. The van der Waals surface area contributed by atoms with Crippen LogP contribution in [0.2, 0.25) is 0 Å². The summed E-state index contributed by atoms with van der Waals surface area (Å²) in [5.41, 5.74) is 0.983. The van der Waals surface area contributed by atoms with E-state index in [9.17, 15) is 9.59 Å². The van der Waals surface area contributed by atoms with Crippen LogP contribution in [-0.2, 0) is 0 Å². The van der Waals surface area contributed by atoms with E-state index in [-0.39, 0.29) is 17.0 Å². The van der Waals surface area contributed by atoms with E-state index < -0.39 is 0 Å². The number of hydrogen-bond donors (Lipinski definition) is 2. The van der Waals surface area contributed by atoms with Crippen LogP contribution in [0.5, 0.6) is 0 Å². The van der Waals surface area contributed by atoms with E-state index in [2.05, 4.69) is 36.0 Å². The van der Waals surface area contributed by atoms with Crippen molar-refractivity contribution < 1.29 is 4.79 Å². The Balaban J connectivity index is 1.84. The van der Waals surface area contributed by atoms with Crippen molar-refractivity contribution in [3.8, 4) is 0 Å². The first-order valence-electron chi connectivity index (χ1n) is 7.32. The van der Waals surface area contributed by atoms with Crippen molar-refractivity contribution in [1.29, 1.82) is 0 Å². The summed E-state index contributed by atoms with van der Waals surface area (Å²) in [6.45, 7) is 9.89. The molecule has 1 aliphatic heterocycles. The molecule has 0 atom stereocenters. The molecule has 1 saturated heterocycles. The van der Waals surface area contributed by atoms with Gasteiger partial charge in [0.15, 0.2) is 0 Å². The maximum absolute atomic E-state index is 12.1. The van der Waals surface area contributed by atoms with Gasteiger partial charge in [0.25, 0.3) is 0 Å². The average molecular weight is 292 g/mol. The highest BCUT2D eigenvalue weighted by molar-refractivity contribution is 5.74. The second kappa shape index (κ2) is 6.20. The lowest BCUT2D eigenvalue weighted by atomic mass is 9.97. The minimum absolute atomic E-state index is 0.00560. The molecule has 0 unspecified atom stereocenters. The van der Waals surface area contributed by atoms with Crippen molar-refractivity contribution in [3.63, 3.8) is 0 Å². The Hall–Kier alpha value is -1.98. The Morgan fingerprint density at radius 3 is 2.43 bits per heavy atom. The van der Waals surface area contributed by atoms with E-state index in [1.807, 2.05) is 11.0 Å². The summed E-state index contributed by atoms with van der Waals surface area (Å²) >= 11 is 0. The Bertz CT molecular complexity index is 519. The number of aromatic nitrogens is 1. The maximum atomic E-state index is 12.1. The predicted octanol–water partition coefficient (Wildman–Crippen LogP) is 1.25. The van der Waals surface area contributed by atoms with Crippen molar-refractivity contribution >= 4 is 11.7 Å². The molecule has 116 valence electrons. The van der Waals surface area contributed by atoms with Gasteiger partial charge in [-0.2, -0.15) is 0 Å². The zero-order chi connectivity index (χ0) is 15.5. The van der Waals surface area contributed by atoms with Gasteiger partial charge in [-0.1, -0.05) is 20.8 Å². The molecule has 2 rings (SSSR count). The van der Waals surface area contributed by atoms with Gasteiger partial charge in [0.2, 0.25) is 5.56 Å². The van der Waals surface area contributed by atoms with Crippen LogP contribution in [0.4, 0.5) is 10.5 Å². The van der Waals surface area contributed by atoms with Crippen LogP contribution in [0.3, 0.4) is 0 Å². The molecule has 0 saturated carbocycles. The lowest BCUT2D eigenvalue weighted by Crippen LogP contribution is -2.52. The molecule has 0 aliphatic carbocycles. The molecule has 1 aromatic rings. The van der Waals surface area contributed by atoms with Crippen LogP contribution in [0.15, 0.2) is 23.1 Å². The van der Waals surface area contributed by atoms with Gasteiger partial charge in [-0.15, -0.1) is 0 Å². The van der Waals surface area contributed by atoms with Gasteiger partial charge in [0, 0.05) is 45.0 Å². The lowest BCUT2D eigenvalue weighted by molar-refractivity contribution is 0.189. The molecule has 1 aromatic heterocycles. The third-order valence-corrected chi connectivity index (χ3v) is 3.47.